The lowest BCUT2D eigenvalue weighted by molar-refractivity contribution is 0.100. The van der Waals surface area contributed by atoms with Crippen LogP contribution in [0.1, 0.15) is 36.2 Å². The van der Waals surface area contributed by atoms with Crippen LogP contribution in [-0.4, -0.2) is 45.7 Å². The summed E-state index contributed by atoms with van der Waals surface area (Å²) in [6.07, 6.45) is 1.03. The summed E-state index contributed by atoms with van der Waals surface area (Å²) in [6.45, 7) is 8.15. The summed E-state index contributed by atoms with van der Waals surface area (Å²) in [7, 11) is 0. The highest BCUT2D eigenvalue weighted by molar-refractivity contribution is 7.99. The van der Waals surface area contributed by atoms with Gasteiger partial charge in [0.1, 0.15) is 0 Å². The number of primary amides is 1. The van der Waals surface area contributed by atoms with Crippen molar-refractivity contribution in [3.63, 3.8) is 0 Å². The van der Waals surface area contributed by atoms with Gasteiger partial charge in [-0.2, -0.15) is 15.0 Å². The smallest absolute Gasteiger partial charge is 0.248 e. The minimum absolute atomic E-state index is 0.304. The monoisotopic (exact) mass is 401 g/mol. The van der Waals surface area contributed by atoms with E-state index in [1.165, 1.54) is 0 Å². The van der Waals surface area contributed by atoms with Gasteiger partial charge in [0.25, 0.3) is 0 Å². The van der Waals surface area contributed by atoms with Crippen LogP contribution in [0.2, 0.25) is 0 Å². The molecule has 0 bridgehead atoms. The number of nitrogens with one attached hydrogen (secondary N) is 3. The molecule has 150 valence electrons. The van der Waals surface area contributed by atoms with E-state index >= 15 is 0 Å². The lowest BCUT2D eigenvalue weighted by Crippen LogP contribution is -2.24. The molecule has 1 fully saturated rings. The lowest BCUT2D eigenvalue weighted by Gasteiger charge is -2.15. The first kappa shape index (κ1) is 20.3. The maximum atomic E-state index is 11.5. The van der Waals surface area contributed by atoms with E-state index in [1.807, 2.05) is 13.0 Å². The minimum atomic E-state index is -0.469. The maximum Gasteiger partial charge on any atom is 0.248 e. The molecule has 2 heterocycles. The molecule has 1 aliphatic rings. The highest BCUT2D eigenvalue weighted by Crippen LogP contribution is 2.24. The Hall–Kier alpha value is -2.39. The molecule has 5 N–H and O–H groups in total. The van der Waals surface area contributed by atoms with Gasteiger partial charge in [0.05, 0.1) is 0 Å². The van der Waals surface area contributed by atoms with E-state index in [9.17, 15) is 4.79 Å². The highest BCUT2D eigenvalue weighted by Gasteiger charge is 2.17. The fraction of sp³-hybridized carbons (Fsp3) is 0.474. The van der Waals surface area contributed by atoms with Crippen LogP contribution in [0.3, 0.4) is 0 Å². The summed E-state index contributed by atoms with van der Waals surface area (Å²) in [5, 5.41) is 10.6. The third-order valence-corrected chi connectivity index (χ3v) is 5.60. The molecule has 8 nitrogen and oxygen atoms in total. The SMILES string of the molecule is Cc1ccc(C(N)=O)cc1Nc1nc(NC2CCNC2)nc(SCC(C)C)n1. The van der Waals surface area contributed by atoms with E-state index in [0.29, 0.717) is 34.6 Å². The molecule has 28 heavy (non-hydrogen) atoms. The molecule has 1 unspecified atom stereocenters. The molecular weight excluding hydrogens is 374 g/mol. The number of hydrogen-bond donors (Lipinski definition) is 4. The molecule has 0 radical (unpaired) electrons. The lowest BCUT2D eigenvalue weighted by atomic mass is 10.1. The van der Waals surface area contributed by atoms with Crippen LogP contribution in [0.15, 0.2) is 23.4 Å². The van der Waals surface area contributed by atoms with E-state index < -0.39 is 5.91 Å². The number of amides is 1. The Morgan fingerprint density at radius 3 is 2.79 bits per heavy atom. The van der Waals surface area contributed by atoms with E-state index in [-0.39, 0.29) is 0 Å². The Labute approximate surface area is 169 Å². The average Bonchev–Trinajstić information content (AvgIpc) is 3.14. The van der Waals surface area contributed by atoms with Crippen LogP contribution in [0.5, 0.6) is 0 Å². The Balaban J connectivity index is 1.86. The van der Waals surface area contributed by atoms with Crippen molar-refractivity contribution < 1.29 is 4.79 Å². The zero-order valence-electron chi connectivity index (χ0n) is 16.5. The number of benzene rings is 1. The van der Waals surface area contributed by atoms with Gasteiger partial charge in [0, 0.05) is 29.6 Å². The number of aryl methyl sites for hydroxylation is 1. The second kappa shape index (κ2) is 9.20. The molecule has 1 saturated heterocycles. The van der Waals surface area contributed by atoms with Crippen molar-refractivity contribution in [3.8, 4) is 0 Å². The zero-order valence-corrected chi connectivity index (χ0v) is 17.3. The summed E-state index contributed by atoms with van der Waals surface area (Å²) >= 11 is 1.61. The van der Waals surface area contributed by atoms with Crippen molar-refractivity contribution >= 4 is 35.3 Å². The van der Waals surface area contributed by atoms with Crippen LogP contribution in [-0.2, 0) is 0 Å². The van der Waals surface area contributed by atoms with Crippen LogP contribution >= 0.6 is 11.8 Å². The number of rotatable bonds is 8. The largest absolute Gasteiger partial charge is 0.366 e. The number of carbonyl (C=O) groups excluding carboxylic acids is 1. The Morgan fingerprint density at radius 1 is 1.32 bits per heavy atom. The number of nitrogens with zero attached hydrogens (tertiary/aromatic N) is 3. The Bertz CT molecular complexity index is 837. The van der Waals surface area contributed by atoms with Crippen molar-refractivity contribution in [3.05, 3.63) is 29.3 Å². The van der Waals surface area contributed by atoms with Crippen molar-refractivity contribution in [1.82, 2.24) is 20.3 Å². The number of thioether (sulfide) groups is 1. The summed E-state index contributed by atoms with van der Waals surface area (Å²) < 4.78 is 0. The highest BCUT2D eigenvalue weighted by atomic mass is 32.2. The molecule has 1 aromatic heterocycles. The zero-order chi connectivity index (χ0) is 20.1. The first-order chi connectivity index (χ1) is 13.4. The summed E-state index contributed by atoms with van der Waals surface area (Å²) in [6, 6.07) is 5.58. The van der Waals surface area contributed by atoms with Crippen LogP contribution in [0.4, 0.5) is 17.6 Å². The minimum Gasteiger partial charge on any atom is -0.366 e. The van der Waals surface area contributed by atoms with Gasteiger partial charge in [-0.15, -0.1) is 0 Å². The van der Waals surface area contributed by atoms with Crippen molar-refractivity contribution in [1.29, 1.82) is 0 Å². The van der Waals surface area contributed by atoms with Gasteiger partial charge in [-0.05, 0) is 43.5 Å². The number of anilines is 3. The van der Waals surface area contributed by atoms with Crippen LogP contribution < -0.4 is 21.7 Å². The van der Waals surface area contributed by atoms with Gasteiger partial charge in [-0.3, -0.25) is 4.79 Å². The number of carbonyl (C=O) groups is 1. The van der Waals surface area contributed by atoms with Gasteiger partial charge < -0.3 is 21.7 Å². The molecule has 9 heteroatoms. The molecule has 0 spiro atoms. The first-order valence-electron chi connectivity index (χ1n) is 9.44. The molecule has 1 amide bonds. The predicted octanol–water partition coefficient (Wildman–Crippen LogP) is 2.54. The second-order valence-electron chi connectivity index (χ2n) is 7.32. The summed E-state index contributed by atoms with van der Waals surface area (Å²) in [5.41, 5.74) is 7.56. The molecule has 2 aromatic rings. The van der Waals surface area contributed by atoms with E-state index in [4.69, 9.17) is 5.73 Å². The molecular formula is C19H27N7OS. The van der Waals surface area contributed by atoms with Crippen molar-refractivity contribution in [2.75, 3.05) is 29.5 Å². The molecule has 1 aromatic carbocycles. The van der Waals surface area contributed by atoms with Crippen molar-refractivity contribution in [2.45, 2.75) is 38.4 Å². The topological polar surface area (TPSA) is 118 Å². The quantitative estimate of drug-likeness (QED) is 0.499. The molecule has 0 aliphatic carbocycles. The van der Waals surface area contributed by atoms with Gasteiger partial charge in [0.15, 0.2) is 5.16 Å². The third-order valence-electron chi connectivity index (χ3n) is 4.32. The second-order valence-corrected chi connectivity index (χ2v) is 8.31. The van der Waals surface area contributed by atoms with Gasteiger partial charge in [-0.25, -0.2) is 0 Å². The van der Waals surface area contributed by atoms with E-state index in [1.54, 1.807) is 23.9 Å². The molecule has 0 saturated carbocycles. The average molecular weight is 402 g/mol. The van der Waals surface area contributed by atoms with E-state index in [2.05, 4.69) is 44.7 Å². The predicted molar refractivity (Wildman–Crippen MR) is 113 cm³/mol. The van der Waals surface area contributed by atoms with E-state index in [0.717, 1.165) is 36.5 Å². The van der Waals surface area contributed by atoms with Crippen LogP contribution in [0, 0.1) is 12.8 Å². The standard InChI is InChI=1S/C19H27N7OS/c1-11(2)10-28-19-25-17(22-14-6-7-21-9-14)24-18(26-19)23-15-8-13(16(20)27)5-4-12(15)3/h4-5,8,11,14,21H,6-7,9-10H2,1-3H3,(H2,20,27)(H2,22,23,24,25,26). The normalized spacial score (nSPS) is 16.4. The molecule has 3 rings (SSSR count). The Morgan fingerprint density at radius 2 is 2.11 bits per heavy atom. The third kappa shape index (κ3) is 5.56. The number of hydrogen-bond acceptors (Lipinski definition) is 8. The molecule has 1 atom stereocenters. The number of aromatic nitrogens is 3. The Kier molecular flexibility index (Phi) is 6.69. The van der Waals surface area contributed by atoms with Gasteiger partial charge in [-0.1, -0.05) is 31.7 Å². The first-order valence-corrected chi connectivity index (χ1v) is 10.4. The number of nitrogens with two attached hydrogens (primary N) is 1. The maximum absolute atomic E-state index is 11.5. The van der Waals surface area contributed by atoms with Crippen molar-refractivity contribution in [2.24, 2.45) is 11.7 Å². The van der Waals surface area contributed by atoms with Crippen LogP contribution in [0.25, 0.3) is 0 Å². The summed E-state index contributed by atoms with van der Waals surface area (Å²) in [4.78, 5) is 25.1. The fourth-order valence-corrected chi connectivity index (χ4v) is 3.56. The summed E-state index contributed by atoms with van der Waals surface area (Å²) in [5.74, 6) is 1.98. The fourth-order valence-electron chi connectivity index (χ4n) is 2.77. The van der Waals surface area contributed by atoms with Gasteiger partial charge >= 0.3 is 0 Å². The van der Waals surface area contributed by atoms with Gasteiger partial charge in [0.2, 0.25) is 17.8 Å². The molecule has 1 aliphatic heterocycles.